The van der Waals surface area contributed by atoms with Crippen molar-refractivity contribution in [2.45, 2.75) is 20.3 Å². The Hall–Kier alpha value is -1.48. The molecule has 2 rings (SSSR count). The van der Waals surface area contributed by atoms with E-state index in [0.717, 1.165) is 17.7 Å². The molecule has 1 heterocycles. The van der Waals surface area contributed by atoms with Crippen LogP contribution in [0.2, 0.25) is 0 Å². The first-order valence-electron chi connectivity index (χ1n) is 6.14. The van der Waals surface area contributed by atoms with Gasteiger partial charge in [-0.15, -0.1) is 0 Å². The SMILES string of the molecule is CC(C)Cc1c[nH]c2c(OCCN)cccc12. The van der Waals surface area contributed by atoms with Gasteiger partial charge in [-0.3, -0.25) is 0 Å². The highest BCUT2D eigenvalue weighted by Gasteiger charge is 2.09. The lowest BCUT2D eigenvalue weighted by atomic mass is 10.0. The van der Waals surface area contributed by atoms with Gasteiger partial charge in [0.25, 0.3) is 0 Å². The highest BCUT2D eigenvalue weighted by atomic mass is 16.5. The van der Waals surface area contributed by atoms with Gasteiger partial charge < -0.3 is 15.5 Å². The number of hydrogen-bond acceptors (Lipinski definition) is 2. The quantitative estimate of drug-likeness (QED) is 0.832. The summed E-state index contributed by atoms with van der Waals surface area (Å²) < 4.78 is 5.63. The number of fused-ring (bicyclic) bond motifs is 1. The number of nitrogens with one attached hydrogen (secondary N) is 1. The number of para-hydroxylation sites is 1. The van der Waals surface area contributed by atoms with Crippen LogP contribution >= 0.6 is 0 Å². The predicted octanol–water partition coefficient (Wildman–Crippen LogP) is 2.70. The van der Waals surface area contributed by atoms with Crippen LogP contribution in [0.5, 0.6) is 5.75 Å². The number of aromatic nitrogens is 1. The summed E-state index contributed by atoms with van der Waals surface area (Å²) in [6, 6.07) is 6.15. The maximum Gasteiger partial charge on any atom is 0.143 e. The molecular formula is C14H20N2O. The maximum absolute atomic E-state index is 5.63. The van der Waals surface area contributed by atoms with E-state index in [-0.39, 0.29) is 0 Å². The number of nitrogens with two attached hydrogens (primary N) is 1. The van der Waals surface area contributed by atoms with E-state index in [1.165, 1.54) is 10.9 Å². The molecule has 0 unspecified atom stereocenters. The first-order chi connectivity index (χ1) is 8.22. The smallest absolute Gasteiger partial charge is 0.143 e. The molecule has 3 heteroatoms. The van der Waals surface area contributed by atoms with Crippen LogP contribution in [0.4, 0.5) is 0 Å². The Kier molecular flexibility index (Phi) is 3.69. The van der Waals surface area contributed by atoms with Gasteiger partial charge in [0, 0.05) is 18.1 Å². The van der Waals surface area contributed by atoms with Crippen LogP contribution in [0.15, 0.2) is 24.4 Å². The topological polar surface area (TPSA) is 51.0 Å². The molecule has 1 aromatic heterocycles. The van der Waals surface area contributed by atoms with Crippen LogP contribution in [0, 0.1) is 5.92 Å². The fourth-order valence-electron chi connectivity index (χ4n) is 2.08. The molecular weight excluding hydrogens is 212 g/mol. The van der Waals surface area contributed by atoms with E-state index in [9.17, 15) is 0 Å². The summed E-state index contributed by atoms with van der Waals surface area (Å²) in [6.07, 6.45) is 3.17. The first-order valence-corrected chi connectivity index (χ1v) is 6.14. The first kappa shape index (κ1) is 12.0. The van der Waals surface area contributed by atoms with Gasteiger partial charge in [-0.25, -0.2) is 0 Å². The summed E-state index contributed by atoms with van der Waals surface area (Å²) in [7, 11) is 0. The molecule has 0 spiro atoms. The summed E-state index contributed by atoms with van der Waals surface area (Å²) in [6.45, 7) is 5.55. The fraction of sp³-hybridized carbons (Fsp3) is 0.429. The highest BCUT2D eigenvalue weighted by molar-refractivity contribution is 5.88. The van der Waals surface area contributed by atoms with Gasteiger partial charge in [0.2, 0.25) is 0 Å². The average Bonchev–Trinajstić information content (AvgIpc) is 2.70. The lowest BCUT2D eigenvalue weighted by molar-refractivity contribution is 0.331. The van der Waals surface area contributed by atoms with Crippen LogP contribution in [-0.4, -0.2) is 18.1 Å². The molecule has 2 aromatic rings. The van der Waals surface area contributed by atoms with Crippen molar-refractivity contribution in [3.8, 4) is 5.75 Å². The lowest BCUT2D eigenvalue weighted by Gasteiger charge is -2.06. The third-order valence-electron chi connectivity index (χ3n) is 2.77. The van der Waals surface area contributed by atoms with Gasteiger partial charge in [0.15, 0.2) is 0 Å². The van der Waals surface area contributed by atoms with Gasteiger partial charge in [-0.2, -0.15) is 0 Å². The number of H-pyrrole nitrogens is 1. The summed E-state index contributed by atoms with van der Waals surface area (Å²) in [5, 5.41) is 1.26. The molecule has 0 atom stereocenters. The number of aromatic amines is 1. The number of rotatable bonds is 5. The Morgan fingerprint density at radius 1 is 1.35 bits per heavy atom. The highest BCUT2D eigenvalue weighted by Crippen LogP contribution is 2.28. The Morgan fingerprint density at radius 3 is 2.88 bits per heavy atom. The molecule has 0 aliphatic heterocycles. The van der Waals surface area contributed by atoms with Crippen LogP contribution < -0.4 is 10.5 Å². The Labute approximate surface area is 102 Å². The van der Waals surface area contributed by atoms with E-state index < -0.39 is 0 Å². The van der Waals surface area contributed by atoms with E-state index in [1.54, 1.807) is 0 Å². The van der Waals surface area contributed by atoms with Crippen molar-refractivity contribution in [1.82, 2.24) is 4.98 Å². The minimum atomic E-state index is 0.538. The van der Waals surface area contributed by atoms with Crippen molar-refractivity contribution in [3.63, 3.8) is 0 Å². The number of benzene rings is 1. The van der Waals surface area contributed by atoms with Gasteiger partial charge in [0.1, 0.15) is 12.4 Å². The molecule has 0 saturated carbocycles. The second-order valence-corrected chi connectivity index (χ2v) is 4.73. The van der Waals surface area contributed by atoms with Crippen molar-refractivity contribution in [2.24, 2.45) is 11.7 Å². The van der Waals surface area contributed by atoms with Crippen molar-refractivity contribution in [2.75, 3.05) is 13.2 Å². The monoisotopic (exact) mass is 232 g/mol. The van der Waals surface area contributed by atoms with Crippen LogP contribution in [-0.2, 0) is 6.42 Å². The molecule has 92 valence electrons. The zero-order valence-corrected chi connectivity index (χ0v) is 10.5. The number of ether oxygens (including phenoxy) is 1. The van der Waals surface area contributed by atoms with E-state index in [4.69, 9.17) is 10.5 Å². The standard InChI is InChI=1S/C14H20N2O/c1-10(2)8-11-9-16-14-12(11)4-3-5-13(14)17-7-6-15/h3-5,9-10,16H,6-8,15H2,1-2H3. The minimum absolute atomic E-state index is 0.538. The Bertz CT molecular complexity index is 488. The second-order valence-electron chi connectivity index (χ2n) is 4.73. The van der Waals surface area contributed by atoms with Crippen molar-refractivity contribution in [3.05, 3.63) is 30.0 Å². The Morgan fingerprint density at radius 2 is 2.18 bits per heavy atom. The van der Waals surface area contributed by atoms with E-state index >= 15 is 0 Å². The summed E-state index contributed by atoms with van der Waals surface area (Å²) in [5.74, 6) is 1.55. The summed E-state index contributed by atoms with van der Waals surface area (Å²) in [4.78, 5) is 3.31. The van der Waals surface area contributed by atoms with Crippen LogP contribution in [0.1, 0.15) is 19.4 Å². The molecule has 1 aromatic carbocycles. The zero-order chi connectivity index (χ0) is 12.3. The van der Waals surface area contributed by atoms with E-state index in [1.807, 2.05) is 12.1 Å². The van der Waals surface area contributed by atoms with Crippen molar-refractivity contribution >= 4 is 10.9 Å². The van der Waals surface area contributed by atoms with Gasteiger partial charge in [0.05, 0.1) is 5.52 Å². The molecule has 17 heavy (non-hydrogen) atoms. The van der Waals surface area contributed by atoms with Crippen LogP contribution in [0.25, 0.3) is 10.9 Å². The third kappa shape index (κ3) is 2.61. The summed E-state index contributed by atoms with van der Waals surface area (Å²) in [5.41, 5.74) is 7.89. The summed E-state index contributed by atoms with van der Waals surface area (Å²) >= 11 is 0. The normalized spacial score (nSPS) is 11.3. The predicted molar refractivity (Wildman–Crippen MR) is 71.4 cm³/mol. The molecule has 3 N–H and O–H groups in total. The van der Waals surface area contributed by atoms with E-state index in [0.29, 0.717) is 19.1 Å². The Balaban J connectivity index is 2.35. The fourth-order valence-corrected chi connectivity index (χ4v) is 2.08. The minimum Gasteiger partial charge on any atom is -0.490 e. The third-order valence-corrected chi connectivity index (χ3v) is 2.77. The second kappa shape index (κ2) is 5.23. The molecule has 0 bridgehead atoms. The lowest BCUT2D eigenvalue weighted by Crippen LogP contribution is -2.10. The van der Waals surface area contributed by atoms with E-state index in [2.05, 4.69) is 31.1 Å². The number of hydrogen-bond donors (Lipinski definition) is 2. The molecule has 0 saturated heterocycles. The molecule has 0 aliphatic rings. The molecule has 3 nitrogen and oxygen atoms in total. The van der Waals surface area contributed by atoms with Gasteiger partial charge >= 0.3 is 0 Å². The zero-order valence-electron chi connectivity index (χ0n) is 10.5. The largest absolute Gasteiger partial charge is 0.490 e. The van der Waals surface area contributed by atoms with Gasteiger partial charge in [-0.1, -0.05) is 26.0 Å². The van der Waals surface area contributed by atoms with Crippen molar-refractivity contribution < 1.29 is 4.74 Å². The molecule has 0 amide bonds. The molecule has 0 radical (unpaired) electrons. The average molecular weight is 232 g/mol. The molecule has 0 fully saturated rings. The maximum atomic E-state index is 5.63. The molecule has 0 aliphatic carbocycles. The van der Waals surface area contributed by atoms with Gasteiger partial charge in [-0.05, 0) is 24.0 Å². The van der Waals surface area contributed by atoms with Crippen molar-refractivity contribution in [1.29, 1.82) is 0 Å². The van der Waals surface area contributed by atoms with Crippen LogP contribution in [0.3, 0.4) is 0 Å².